The molecule has 0 atom stereocenters. The van der Waals surface area contributed by atoms with Crippen molar-refractivity contribution in [3.05, 3.63) is 35.8 Å². The first-order valence-corrected chi connectivity index (χ1v) is 4.36. The molecule has 0 unspecified atom stereocenters. The SMILES string of the molecule is O=c1[nH]cc([N+](=O)[O-])c(C(F)F)c1I. The summed E-state index contributed by atoms with van der Waals surface area (Å²) in [5.41, 5.74) is -2.37. The minimum absolute atomic E-state index is 0.355. The van der Waals surface area contributed by atoms with Crippen molar-refractivity contribution in [1.29, 1.82) is 0 Å². The Kier molecular flexibility index (Phi) is 3.13. The van der Waals surface area contributed by atoms with E-state index in [4.69, 9.17) is 0 Å². The summed E-state index contributed by atoms with van der Waals surface area (Å²) in [6.07, 6.45) is -2.36. The number of H-pyrrole nitrogens is 1. The van der Waals surface area contributed by atoms with Crippen LogP contribution in [-0.4, -0.2) is 9.91 Å². The van der Waals surface area contributed by atoms with Gasteiger partial charge in [0, 0.05) is 0 Å². The maximum atomic E-state index is 12.4. The van der Waals surface area contributed by atoms with Gasteiger partial charge in [-0.05, 0) is 22.6 Å². The minimum Gasteiger partial charge on any atom is -0.322 e. The van der Waals surface area contributed by atoms with Gasteiger partial charge in [0.05, 0.1) is 14.7 Å². The molecule has 0 aromatic carbocycles. The van der Waals surface area contributed by atoms with Gasteiger partial charge in [-0.2, -0.15) is 0 Å². The zero-order valence-corrected chi connectivity index (χ0v) is 8.62. The predicted octanol–water partition coefficient (Wildman–Crippen LogP) is 1.83. The van der Waals surface area contributed by atoms with Gasteiger partial charge in [-0.3, -0.25) is 14.9 Å². The summed E-state index contributed by atoms with van der Waals surface area (Å²) in [6, 6.07) is 0. The second-order valence-electron chi connectivity index (χ2n) is 2.29. The topological polar surface area (TPSA) is 76.0 Å². The first-order valence-electron chi connectivity index (χ1n) is 3.28. The highest BCUT2D eigenvalue weighted by Gasteiger charge is 2.26. The van der Waals surface area contributed by atoms with E-state index in [0.29, 0.717) is 6.20 Å². The lowest BCUT2D eigenvalue weighted by atomic mass is 10.2. The summed E-state index contributed by atoms with van der Waals surface area (Å²) in [4.78, 5) is 22.3. The van der Waals surface area contributed by atoms with Crippen LogP contribution in [0.3, 0.4) is 0 Å². The normalized spacial score (nSPS) is 10.6. The van der Waals surface area contributed by atoms with E-state index in [-0.39, 0.29) is 3.57 Å². The zero-order valence-electron chi connectivity index (χ0n) is 6.46. The van der Waals surface area contributed by atoms with Crippen LogP contribution in [0, 0.1) is 13.7 Å². The van der Waals surface area contributed by atoms with Crippen LogP contribution in [-0.2, 0) is 0 Å². The number of aromatic nitrogens is 1. The lowest BCUT2D eigenvalue weighted by molar-refractivity contribution is -0.386. The van der Waals surface area contributed by atoms with Crippen LogP contribution in [0.2, 0.25) is 0 Å². The third-order valence-corrected chi connectivity index (χ3v) is 2.54. The van der Waals surface area contributed by atoms with Crippen LogP contribution >= 0.6 is 22.6 Å². The van der Waals surface area contributed by atoms with Crippen LogP contribution in [0.25, 0.3) is 0 Å². The largest absolute Gasteiger partial charge is 0.322 e. The van der Waals surface area contributed by atoms with Gasteiger partial charge in [0.1, 0.15) is 5.56 Å². The fraction of sp³-hybridized carbons (Fsp3) is 0.167. The number of hydrogen-bond donors (Lipinski definition) is 1. The van der Waals surface area contributed by atoms with Gasteiger partial charge in [0.2, 0.25) is 0 Å². The lowest BCUT2D eigenvalue weighted by Gasteiger charge is -2.02. The van der Waals surface area contributed by atoms with Crippen molar-refractivity contribution in [2.24, 2.45) is 0 Å². The molecule has 0 saturated carbocycles. The Morgan fingerprint density at radius 2 is 2.14 bits per heavy atom. The highest BCUT2D eigenvalue weighted by molar-refractivity contribution is 14.1. The molecule has 0 bridgehead atoms. The Morgan fingerprint density at radius 1 is 1.57 bits per heavy atom. The Labute approximate surface area is 89.4 Å². The van der Waals surface area contributed by atoms with Gasteiger partial charge >= 0.3 is 0 Å². The fourth-order valence-electron chi connectivity index (χ4n) is 0.868. The molecule has 1 aromatic heterocycles. The first kappa shape index (κ1) is 11.0. The first-order chi connectivity index (χ1) is 6.45. The molecule has 76 valence electrons. The van der Waals surface area contributed by atoms with Crippen molar-refractivity contribution in [2.75, 3.05) is 0 Å². The Morgan fingerprint density at radius 3 is 2.57 bits per heavy atom. The molecule has 8 heteroatoms. The Balaban J connectivity index is 3.53. The molecule has 0 amide bonds. The molecule has 0 aliphatic heterocycles. The summed E-state index contributed by atoms with van der Waals surface area (Å²) >= 11 is 1.35. The van der Waals surface area contributed by atoms with Gasteiger partial charge in [0.25, 0.3) is 17.7 Å². The average Bonchev–Trinajstić information content (AvgIpc) is 2.08. The second-order valence-corrected chi connectivity index (χ2v) is 3.37. The second kappa shape index (κ2) is 3.98. The van der Waals surface area contributed by atoms with Crippen LogP contribution in [0.5, 0.6) is 0 Å². The molecular weight excluding hydrogens is 313 g/mol. The molecular formula is C6H3F2IN2O3. The molecule has 1 rings (SSSR count). The molecule has 0 aliphatic rings. The smallest absolute Gasteiger partial charge is 0.295 e. The standard InChI is InChI=1S/C6H3F2IN2O3/c7-5(8)3-2(11(13)14)1-10-6(12)4(3)9/h1,5H,(H,10,12). The maximum absolute atomic E-state index is 12.4. The van der Waals surface area contributed by atoms with E-state index in [1.165, 1.54) is 22.6 Å². The maximum Gasteiger partial charge on any atom is 0.295 e. The van der Waals surface area contributed by atoms with Crippen LogP contribution in [0.1, 0.15) is 12.0 Å². The number of pyridine rings is 1. The van der Waals surface area contributed by atoms with E-state index in [1.54, 1.807) is 0 Å². The number of nitrogens with zero attached hydrogens (tertiary/aromatic N) is 1. The summed E-state index contributed by atoms with van der Waals surface area (Å²) in [5, 5.41) is 10.3. The van der Waals surface area contributed by atoms with E-state index < -0.39 is 28.2 Å². The molecule has 0 saturated heterocycles. The van der Waals surface area contributed by atoms with Crippen molar-refractivity contribution in [2.45, 2.75) is 6.43 Å². The number of rotatable bonds is 2. The fourth-order valence-corrected chi connectivity index (χ4v) is 1.54. The summed E-state index contributed by atoms with van der Waals surface area (Å²) in [5.74, 6) is 0. The van der Waals surface area contributed by atoms with E-state index in [9.17, 15) is 23.7 Å². The number of alkyl halides is 2. The molecule has 14 heavy (non-hydrogen) atoms. The Hall–Kier alpha value is -1.06. The van der Waals surface area contributed by atoms with E-state index in [0.717, 1.165) is 0 Å². The van der Waals surface area contributed by atoms with Crippen molar-refractivity contribution < 1.29 is 13.7 Å². The lowest BCUT2D eigenvalue weighted by Crippen LogP contribution is -2.14. The Bertz CT molecular complexity index is 432. The molecule has 5 nitrogen and oxygen atoms in total. The number of nitrogens with one attached hydrogen (secondary N) is 1. The van der Waals surface area contributed by atoms with Gasteiger partial charge in [-0.15, -0.1) is 0 Å². The van der Waals surface area contributed by atoms with Gasteiger partial charge in [0.15, 0.2) is 0 Å². The summed E-state index contributed by atoms with van der Waals surface area (Å²) in [7, 11) is 0. The van der Waals surface area contributed by atoms with E-state index in [2.05, 4.69) is 0 Å². The monoisotopic (exact) mass is 316 g/mol. The van der Waals surface area contributed by atoms with Gasteiger partial charge in [-0.25, -0.2) is 8.78 Å². The molecule has 1 heterocycles. The zero-order chi connectivity index (χ0) is 10.9. The molecule has 0 fully saturated rings. The van der Waals surface area contributed by atoms with Crippen LogP contribution in [0.4, 0.5) is 14.5 Å². The molecule has 1 N–H and O–H groups in total. The van der Waals surface area contributed by atoms with E-state index >= 15 is 0 Å². The predicted molar refractivity (Wildman–Crippen MR) is 51.4 cm³/mol. The molecule has 0 radical (unpaired) electrons. The summed E-state index contributed by atoms with van der Waals surface area (Å²) < 4.78 is 24.4. The highest BCUT2D eigenvalue weighted by Crippen LogP contribution is 2.30. The number of hydrogen-bond acceptors (Lipinski definition) is 3. The van der Waals surface area contributed by atoms with Crippen LogP contribution < -0.4 is 5.56 Å². The molecule has 0 aliphatic carbocycles. The third kappa shape index (κ3) is 1.89. The number of nitro groups is 1. The average molecular weight is 316 g/mol. The quantitative estimate of drug-likeness (QED) is 0.514. The van der Waals surface area contributed by atoms with Crippen molar-refractivity contribution in [3.8, 4) is 0 Å². The van der Waals surface area contributed by atoms with E-state index in [1.807, 2.05) is 4.98 Å². The summed E-state index contributed by atoms with van der Waals surface area (Å²) in [6.45, 7) is 0. The van der Waals surface area contributed by atoms with Crippen molar-refractivity contribution >= 4 is 28.3 Å². The minimum atomic E-state index is -3.04. The number of aromatic amines is 1. The highest BCUT2D eigenvalue weighted by atomic mass is 127. The number of halogens is 3. The third-order valence-electron chi connectivity index (χ3n) is 1.47. The molecule has 1 aromatic rings. The van der Waals surface area contributed by atoms with Crippen LogP contribution in [0.15, 0.2) is 11.0 Å². The van der Waals surface area contributed by atoms with Crippen molar-refractivity contribution in [3.63, 3.8) is 0 Å². The van der Waals surface area contributed by atoms with Crippen molar-refractivity contribution in [1.82, 2.24) is 4.98 Å². The molecule has 0 spiro atoms. The van der Waals surface area contributed by atoms with Gasteiger partial charge in [-0.1, -0.05) is 0 Å². The van der Waals surface area contributed by atoms with Gasteiger partial charge < -0.3 is 4.98 Å².